The van der Waals surface area contributed by atoms with E-state index in [-0.39, 0.29) is 29.5 Å². The largest absolute Gasteiger partial charge is 0.323 e. The van der Waals surface area contributed by atoms with Crippen LogP contribution in [0.5, 0.6) is 0 Å². The molecule has 24 heavy (non-hydrogen) atoms. The Labute approximate surface area is 136 Å². The number of aromatic nitrogens is 1. The molecule has 0 saturated heterocycles. The first-order chi connectivity index (χ1) is 11.6. The van der Waals surface area contributed by atoms with Gasteiger partial charge in [0.2, 0.25) is 11.5 Å². The van der Waals surface area contributed by atoms with Crippen molar-refractivity contribution in [1.82, 2.24) is 4.98 Å². The van der Waals surface area contributed by atoms with Crippen LogP contribution < -0.4 is 15.8 Å². The average Bonchev–Trinajstić information content (AvgIpc) is 2.59. The first-order valence-electron chi connectivity index (χ1n) is 7.46. The minimum Gasteiger partial charge on any atom is -0.323 e. The van der Waals surface area contributed by atoms with Crippen molar-refractivity contribution in [2.75, 3.05) is 16.8 Å². The number of carbonyl (C=O) groups is 2. The van der Waals surface area contributed by atoms with Crippen LogP contribution in [0.25, 0.3) is 10.9 Å². The van der Waals surface area contributed by atoms with Crippen LogP contribution in [0, 0.1) is 0 Å². The van der Waals surface area contributed by atoms with Gasteiger partial charge in [0.15, 0.2) is 0 Å². The number of carbonyl (C=O) groups excluding carboxylic acids is 2. The summed E-state index contributed by atoms with van der Waals surface area (Å²) in [7, 11) is 0. The summed E-state index contributed by atoms with van der Waals surface area (Å²) in [5.74, 6) is -0.643. The molecular weight excluding hydrogens is 306 g/mol. The predicted octanol–water partition coefficient (Wildman–Crippen LogP) is 2.13. The molecule has 6 nitrogen and oxygen atoms in total. The lowest BCUT2D eigenvalue weighted by molar-refractivity contribution is -0.115. The number of pyridine rings is 1. The van der Waals surface area contributed by atoms with E-state index in [4.69, 9.17) is 0 Å². The van der Waals surface area contributed by atoms with Crippen LogP contribution >= 0.6 is 0 Å². The number of nitrogens with zero attached hydrogens (tertiary/aromatic N) is 1. The van der Waals surface area contributed by atoms with Crippen molar-refractivity contribution in [1.29, 1.82) is 0 Å². The number of benzene rings is 2. The lowest BCUT2D eigenvalue weighted by Gasteiger charge is -2.29. The van der Waals surface area contributed by atoms with Gasteiger partial charge >= 0.3 is 0 Å². The van der Waals surface area contributed by atoms with Crippen molar-refractivity contribution in [3.8, 4) is 0 Å². The molecule has 0 spiro atoms. The molecule has 0 atom stereocenters. The molecule has 1 aliphatic heterocycles. The first-order valence-corrected chi connectivity index (χ1v) is 7.46. The fourth-order valence-corrected chi connectivity index (χ4v) is 2.94. The summed E-state index contributed by atoms with van der Waals surface area (Å²) in [4.78, 5) is 41.0. The van der Waals surface area contributed by atoms with Crippen LogP contribution in [-0.2, 0) is 4.79 Å². The highest BCUT2D eigenvalue weighted by molar-refractivity contribution is 6.18. The quantitative estimate of drug-likeness (QED) is 0.721. The number of aromatic amines is 1. The highest BCUT2D eigenvalue weighted by atomic mass is 16.2. The van der Waals surface area contributed by atoms with Gasteiger partial charge < -0.3 is 10.3 Å². The second kappa shape index (κ2) is 5.34. The third-order valence-electron chi connectivity index (χ3n) is 4.00. The summed E-state index contributed by atoms with van der Waals surface area (Å²) in [5, 5.41) is 3.39. The highest BCUT2D eigenvalue weighted by Crippen LogP contribution is 2.30. The van der Waals surface area contributed by atoms with Crippen LogP contribution in [0.4, 0.5) is 11.4 Å². The Hall–Kier alpha value is -3.41. The minimum absolute atomic E-state index is 0.0863. The van der Waals surface area contributed by atoms with Gasteiger partial charge in [-0.15, -0.1) is 0 Å². The fraction of sp³-hybridized carbons (Fsp3) is 0.0556. The molecular formula is C18H13N3O3. The summed E-state index contributed by atoms with van der Waals surface area (Å²) in [6.45, 7) is -0.0863. The van der Waals surface area contributed by atoms with Gasteiger partial charge in [0.1, 0.15) is 6.54 Å². The molecule has 0 fully saturated rings. The molecule has 0 radical (unpaired) electrons. The van der Waals surface area contributed by atoms with Gasteiger partial charge in [0.25, 0.3) is 5.91 Å². The maximum absolute atomic E-state index is 13.1. The third-order valence-corrected chi connectivity index (χ3v) is 4.00. The molecule has 2 heterocycles. The SMILES string of the molecule is O=C1CN(C(=O)c2cc(=O)[nH]c3ccccc23)c2ccccc2N1. The van der Waals surface area contributed by atoms with Gasteiger partial charge in [-0.1, -0.05) is 30.3 Å². The Kier molecular flexibility index (Phi) is 3.16. The highest BCUT2D eigenvalue weighted by Gasteiger charge is 2.28. The molecule has 4 rings (SSSR count). The summed E-state index contributed by atoms with van der Waals surface area (Å²) < 4.78 is 0. The number of nitrogens with one attached hydrogen (secondary N) is 2. The Morgan fingerprint density at radius 1 is 1.00 bits per heavy atom. The molecule has 0 unspecified atom stereocenters. The maximum Gasteiger partial charge on any atom is 0.259 e. The molecule has 0 saturated carbocycles. The van der Waals surface area contributed by atoms with Gasteiger partial charge in [-0.05, 0) is 18.2 Å². The average molecular weight is 319 g/mol. The molecule has 0 bridgehead atoms. The zero-order valence-electron chi connectivity index (χ0n) is 12.6. The lowest BCUT2D eigenvalue weighted by atomic mass is 10.1. The fourth-order valence-electron chi connectivity index (χ4n) is 2.94. The molecule has 0 aliphatic carbocycles. The van der Waals surface area contributed by atoms with Gasteiger partial charge in [0.05, 0.1) is 16.9 Å². The number of hydrogen-bond donors (Lipinski definition) is 2. The van der Waals surface area contributed by atoms with Crippen molar-refractivity contribution in [3.63, 3.8) is 0 Å². The summed E-state index contributed by atoms with van der Waals surface area (Å²) in [5.41, 5.74) is 1.71. The Bertz CT molecular complexity index is 1040. The number of anilines is 2. The monoisotopic (exact) mass is 319 g/mol. The molecule has 2 amide bonds. The molecule has 6 heteroatoms. The van der Waals surface area contributed by atoms with Crippen LogP contribution in [0.1, 0.15) is 10.4 Å². The Morgan fingerprint density at radius 2 is 1.75 bits per heavy atom. The zero-order chi connectivity index (χ0) is 16.7. The minimum atomic E-state index is -0.375. The van der Waals surface area contributed by atoms with Gasteiger partial charge in [-0.25, -0.2) is 0 Å². The maximum atomic E-state index is 13.1. The number of amides is 2. The van der Waals surface area contributed by atoms with E-state index in [1.807, 2.05) is 0 Å². The Morgan fingerprint density at radius 3 is 2.62 bits per heavy atom. The summed E-state index contributed by atoms with van der Waals surface area (Å²) >= 11 is 0. The van der Waals surface area contributed by atoms with E-state index in [1.165, 1.54) is 11.0 Å². The van der Waals surface area contributed by atoms with Crippen LogP contribution in [0.15, 0.2) is 59.4 Å². The van der Waals surface area contributed by atoms with Crippen molar-refractivity contribution < 1.29 is 9.59 Å². The zero-order valence-corrected chi connectivity index (χ0v) is 12.6. The van der Waals surface area contributed by atoms with Crippen LogP contribution in [0.3, 0.4) is 0 Å². The van der Waals surface area contributed by atoms with E-state index >= 15 is 0 Å². The van der Waals surface area contributed by atoms with Crippen molar-refractivity contribution >= 4 is 34.1 Å². The standard InChI is InChI=1S/C18H13N3O3/c22-16-9-12(11-5-1-2-6-13(11)19-16)18(24)21-10-17(23)20-14-7-3-4-8-15(14)21/h1-9H,10H2,(H,19,22)(H,20,23). The van der Waals surface area contributed by atoms with Crippen molar-refractivity contribution in [2.45, 2.75) is 0 Å². The van der Waals surface area contributed by atoms with E-state index in [2.05, 4.69) is 10.3 Å². The Balaban J connectivity index is 1.89. The second-order valence-electron chi connectivity index (χ2n) is 5.55. The van der Waals surface area contributed by atoms with Gasteiger partial charge in [-0.2, -0.15) is 0 Å². The molecule has 1 aromatic heterocycles. The summed E-state index contributed by atoms with van der Waals surface area (Å²) in [6, 6.07) is 15.5. The molecule has 2 aromatic carbocycles. The topological polar surface area (TPSA) is 82.3 Å². The van der Waals surface area contributed by atoms with E-state index in [0.29, 0.717) is 22.3 Å². The van der Waals surface area contributed by atoms with Gasteiger partial charge in [0, 0.05) is 17.0 Å². The number of hydrogen-bond acceptors (Lipinski definition) is 3. The molecule has 118 valence electrons. The number of fused-ring (bicyclic) bond motifs is 2. The summed E-state index contributed by atoms with van der Waals surface area (Å²) in [6.07, 6.45) is 0. The molecule has 3 aromatic rings. The van der Waals surface area contributed by atoms with E-state index < -0.39 is 0 Å². The van der Waals surface area contributed by atoms with Gasteiger partial charge in [-0.3, -0.25) is 19.3 Å². The molecule has 2 N–H and O–H groups in total. The second-order valence-corrected chi connectivity index (χ2v) is 5.55. The first kappa shape index (κ1) is 14.2. The van der Waals surface area contributed by atoms with E-state index in [9.17, 15) is 14.4 Å². The number of H-pyrrole nitrogens is 1. The van der Waals surface area contributed by atoms with Crippen molar-refractivity contribution in [3.05, 3.63) is 70.5 Å². The van der Waals surface area contributed by atoms with Crippen LogP contribution in [0.2, 0.25) is 0 Å². The predicted molar refractivity (Wildman–Crippen MR) is 91.3 cm³/mol. The van der Waals surface area contributed by atoms with E-state index in [0.717, 1.165) is 0 Å². The molecule has 1 aliphatic rings. The van der Waals surface area contributed by atoms with Crippen molar-refractivity contribution in [2.24, 2.45) is 0 Å². The lowest BCUT2D eigenvalue weighted by Crippen LogP contribution is -2.42. The normalized spacial score (nSPS) is 13.5. The number of rotatable bonds is 1. The number of para-hydroxylation sites is 3. The van der Waals surface area contributed by atoms with E-state index in [1.54, 1.807) is 48.5 Å². The third kappa shape index (κ3) is 2.25. The van der Waals surface area contributed by atoms with Crippen LogP contribution in [-0.4, -0.2) is 23.3 Å². The smallest absolute Gasteiger partial charge is 0.259 e.